The number of primary amides is 1. The SMILES string of the molecule is NC(=O)Cc1ccc2cccnc2n1. The van der Waals surface area contributed by atoms with E-state index < -0.39 is 0 Å². The number of pyridine rings is 2. The molecule has 2 N–H and O–H groups in total. The number of aromatic nitrogens is 2. The first-order valence-electron chi connectivity index (χ1n) is 4.24. The monoisotopic (exact) mass is 187 g/mol. The van der Waals surface area contributed by atoms with Crippen molar-refractivity contribution in [2.24, 2.45) is 5.73 Å². The lowest BCUT2D eigenvalue weighted by Crippen LogP contribution is -2.14. The quantitative estimate of drug-likeness (QED) is 0.750. The number of carbonyl (C=O) groups is 1. The molecule has 70 valence electrons. The maximum atomic E-state index is 10.7. The van der Waals surface area contributed by atoms with E-state index in [1.54, 1.807) is 12.3 Å². The van der Waals surface area contributed by atoms with Crippen molar-refractivity contribution in [1.82, 2.24) is 9.97 Å². The predicted molar refractivity (Wildman–Crippen MR) is 52.4 cm³/mol. The Morgan fingerprint density at radius 1 is 1.36 bits per heavy atom. The van der Waals surface area contributed by atoms with Gasteiger partial charge in [-0.15, -0.1) is 0 Å². The van der Waals surface area contributed by atoms with Gasteiger partial charge in [0.2, 0.25) is 5.91 Å². The Morgan fingerprint density at radius 2 is 2.21 bits per heavy atom. The normalized spacial score (nSPS) is 10.3. The van der Waals surface area contributed by atoms with Gasteiger partial charge in [0, 0.05) is 11.6 Å². The molecule has 0 unspecified atom stereocenters. The molecule has 4 nitrogen and oxygen atoms in total. The van der Waals surface area contributed by atoms with Crippen LogP contribution in [0, 0.1) is 0 Å². The van der Waals surface area contributed by atoms with Crippen LogP contribution >= 0.6 is 0 Å². The fourth-order valence-corrected chi connectivity index (χ4v) is 1.27. The Morgan fingerprint density at radius 3 is 3.00 bits per heavy atom. The average molecular weight is 187 g/mol. The highest BCUT2D eigenvalue weighted by atomic mass is 16.1. The van der Waals surface area contributed by atoms with Crippen LogP contribution in [0.15, 0.2) is 30.5 Å². The third kappa shape index (κ3) is 1.69. The van der Waals surface area contributed by atoms with Gasteiger partial charge >= 0.3 is 0 Å². The van der Waals surface area contributed by atoms with Gasteiger partial charge in [-0.3, -0.25) is 4.79 Å². The molecule has 2 heterocycles. The lowest BCUT2D eigenvalue weighted by molar-refractivity contribution is -0.117. The first-order valence-corrected chi connectivity index (χ1v) is 4.24. The molecule has 1 amide bonds. The number of nitrogens with two attached hydrogens (primary N) is 1. The second kappa shape index (κ2) is 3.41. The predicted octanol–water partition coefficient (Wildman–Crippen LogP) is 0.658. The van der Waals surface area contributed by atoms with Crippen molar-refractivity contribution < 1.29 is 4.79 Å². The number of amides is 1. The zero-order valence-corrected chi connectivity index (χ0v) is 7.47. The number of hydrogen-bond donors (Lipinski definition) is 1. The maximum absolute atomic E-state index is 10.7. The summed E-state index contributed by atoms with van der Waals surface area (Å²) >= 11 is 0. The van der Waals surface area contributed by atoms with E-state index in [0.717, 1.165) is 5.39 Å². The maximum Gasteiger partial charge on any atom is 0.223 e. The van der Waals surface area contributed by atoms with E-state index in [9.17, 15) is 4.79 Å². The summed E-state index contributed by atoms with van der Waals surface area (Å²) in [5.41, 5.74) is 6.37. The van der Waals surface area contributed by atoms with Crippen molar-refractivity contribution in [2.75, 3.05) is 0 Å². The highest BCUT2D eigenvalue weighted by Gasteiger charge is 2.01. The smallest absolute Gasteiger partial charge is 0.223 e. The standard InChI is InChI=1S/C10H9N3O/c11-9(14)6-8-4-3-7-2-1-5-12-10(7)13-8/h1-5H,6H2,(H2,11,14). The van der Waals surface area contributed by atoms with Crippen LogP contribution in [0.1, 0.15) is 5.69 Å². The number of carbonyl (C=O) groups excluding carboxylic acids is 1. The Labute approximate surface area is 80.8 Å². The zero-order chi connectivity index (χ0) is 9.97. The van der Waals surface area contributed by atoms with Gasteiger partial charge in [-0.1, -0.05) is 0 Å². The number of fused-ring (bicyclic) bond motifs is 1. The fraction of sp³-hybridized carbons (Fsp3) is 0.100. The Bertz CT molecular complexity index is 482. The first-order chi connectivity index (χ1) is 6.75. The van der Waals surface area contributed by atoms with E-state index in [1.165, 1.54) is 0 Å². The Kier molecular flexibility index (Phi) is 2.10. The molecule has 2 aromatic heterocycles. The zero-order valence-electron chi connectivity index (χ0n) is 7.47. The lowest BCUT2D eigenvalue weighted by atomic mass is 10.2. The summed E-state index contributed by atoms with van der Waals surface area (Å²) in [7, 11) is 0. The van der Waals surface area contributed by atoms with Crippen molar-refractivity contribution in [2.45, 2.75) is 6.42 Å². The summed E-state index contributed by atoms with van der Waals surface area (Å²) in [6.07, 6.45) is 1.83. The molecule has 0 aliphatic heterocycles. The molecule has 0 saturated carbocycles. The molecule has 0 bridgehead atoms. The Hall–Kier alpha value is -1.97. The van der Waals surface area contributed by atoms with Gasteiger partial charge in [0.25, 0.3) is 0 Å². The van der Waals surface area contributed by atoms with E-state index in [-0.39, 0.29) is 12.3 Å². The minimum atomic E-state index is -0.382. The summed E-state index contributed by atoms with van der Waals surface area (Å²) < 4.78 is 0. The van der Waals surface area contributed by atoms with Crippen LogP contribution in [-0.2, 0) is 11.2 Å². The highest BCUT2D eigenvalue weighted by Crippen LogP contribution is 2.09. The van der Waals surface area contributed by atoms with Crippen molar-refractivity contribution in [3.05, 3.63) is 36.2 Å². The molecule has 0 spiro atoms. The molecule has 2 rings (SSSR count). The van der Waals surface area contributed by atoms with Gasteiger partial charge in [-0.2, -0.15) is 0 Å². The van der Waals surface area contributed by atoms with Crippen LogP contribution in [0.3, 0.4) is 0 Å². The van der Waals surface area contributed by atoms with Gasteiger partial charge in [-0.05, 0) is 24.3 Å². The van der Waals surface area contributed by atoms with Gasteiger partial charge in [-0.25, -0.2) is 9.97 Å². The van der Waals surface area contributed by atoms with E-state index in [4.69, 9.17) is 5.73 Å². The molecule has 2 aromatic rings. The minimum Gasteiger partial charge on any atom is -0.369 e. The molecular weight excluding hydrogens is 178 g/mol. The summed E-state index contributed by atoms with van der Waals surface area (Å²) in [6.45, 7) is 0. The number of hydrogen-bond acceptors (Lipinski definition) is 3. The average Bonchev–Trinajstić information content (AvgIpc) is 2.17. The van der Waals surface area contributed by atoms with E-state index >= 15 is 0 Å². The molecule has 0 atom stereocenters. The van der Waals surface area contributed by atoms with Gasteiger partial charge in [0.15, 0.2) is 5.65 Å². The van der Waals surface area contributed by atoms with Crippen molar-refractivity contribution in [1.29, 1.82) is 0 Å². The molecule has 0 aromatic carbocycles. The van der Waals surface area contributed by atoms with Crippen LogP contribution in [0.4, 0.5) is 0 Å². The van der Waals surface area contributed by atoms with Crippen LogP contribution in [0.25, 0.3) is 11.0 Å². The van der Waals surface area contributed by atoms with E-state index in [2.05, 4.69) is 9.97 Å². The second-order valence-corrected chi connectivity index (χ2v) is 3.00. The third-order valence-electron chi connectivity index (χ3n) is 1.88. The van der Waals surface area contributed by atoms with Crippen LogP contribution in [0.5, 0.6) is 0 Å². The first kappa shape index (κ1) is 8.62. The topological polar surface area (TPSA) is 68.9 Å². The van der Waals surface area contributed by atoms with Gasteiger partial charge in [0.05, 0.1) is 12.1 Å². The van der Waals surface area contributed by atoms with Crippen LogP contribution in [0.2, 0.25) is 0 Å². The van der Waals surface area contributed by atoms with E-state index in [1.807, 2.05) is 18.2 Å². The fourth-order valence-electron chi connectivity index (χ4n) is 1.27. The molecule has 14 heavy (non-hydrogen) atoms. The number of nitrogens with zero attached hydrogens (tertiary/aromatic N) is 2. The summed E-state index contributed by atoms with van der Waals surface area (Å²) in [5, 5.41) is 0.959. The van der Waals surface area contributed by atoms with Gasteiger partial charge in [0.1, 0.15) is 0 Å². The van der Waals surface area contributed by atoms with Crippen LogP contribution < -0.4 is 5.73 Å². The third-order valence-corrected chi connectivity index (χ3v) is 1.88. The summed E-state index contributed by atoms with van der Waals surface area (Å²) in [4.78, 5) is 19.0. The lowest BCUT2D eigenvalue weighted by Gasteiger charge is -1.99. The largest absolute Gasteiger partial charge is 0.369 e. The van der Waals surface area contributed by atoms with Gasteiger partial charge < -0.3 is 5.73 Å². The highest BCUT2D eigenvalue weighted by molar-refractivity contribution is 5.78. The molecule has 4 heteroatoms. The van der Waals surface area contributed by atoms with Crippen molar-refractivity contribution >= 4 is 16.9 Å². The molecule has 0 aliphatic rings. The second-order valence-electron chi connectivity index (χ2n) is 3.00. The Balaban J connectivity index is 2.46. The molecule has 0 radical (unpaired) electrons. The molecular formula is C10H9N3O. The molecule has 0 fully saturated rings. The van der Waals surface area contributed by atoms with Crippen molar-refractivity contribution in [3.8, 4) is 0 Å². The molecule has 0 aliphatic carbocycles. The molecule has 0 saturated heterocycles. The summed E-state index contributed by atoms with van der Waals surface area (Å²) in [5.74, 6) is -0.382. The number of rotatable bonds is 2. The van der Waals surface area contributed by atoms with E-state index in [0.29, 0.717) is 11.3 Å². The van der Waals surface area contributed by atoms with Crippen LogP contribution in [-0.4, -0.2) is 15.9 Å². The summed E-state index contributed by atoms with van der Waals surface area (Å²) in [6, 6.07) is 7.43. The van der Waals surface area contributed by atoms with Crippen molar-refractivity contribution in [3.63, 3.8) is 0 Å². The minimum absolute atomic E-state index is 0.159.